The topological polar surface area (TPSA) is 44.1 Å². The quantitative estimate of drug-likeness (QED) is 0.732. The first-order valence-electron chi connectivity index (χ1n) is 5.77. The Hall–Kier alpha value is -0.970. The normalized spacial score (nSPS) is 12.5. The maximum absolute atomic E-state index is 11.2. The van der Waals surface area contributed by atoms with Gasteiger partial charge in [-0.3, -0.25) is 9.48 Å². The molecule has 0 aliphatic carbocycles. The summed E-state index contributed by atoms with van der Waals surface area (Å²) in [7, 11) is 1.43. The Kier molecular flexibility index (Phi) is 5.55. The molecule has 1 heterocycles. The third-order valence-corrected chi connectivity index (χ3v) is 3.74. The summed E-state index contributed by atoms with van der Waals surface area (Å²) in [5.41, 5.74) is 2.26. The number of esters is 1. The van der Waals surface area contributed by atoms with Crippen LogP contribution < -0.4 is 0 Å². The highest BCUT2D eigenvalue weighted by molar-refractivity contribution is 7.98. The summed E-state index contributed by atoms with van der Waals surface area (Å²) >= 11 is 1.74. The van der Waals surface area contributed by atoms with Crippen molar-refractivity contribution in [1.82, 2.24) is 9.78 Å². The molecule has 0 saturated heterocycles. The number of carbonyl (C=O) groups is 1. The van der Waals surface area contributed by atoms with Crippen molar-refractivity contribution in [2.24, 2.45) is 5.92 Å². The fraction of sp³-hybridized carbons (Fsp3) is 0.667. The van der Waals surface area contributed by atoms with Gasteiger partial charge in [0, 0.05) is 23.7 Å². The molecule has 1 unspecified atom stereocenters. The van der Waals surface area contributed by atoms with Crippen LogP contribution in [0.3, 0.4) is 0 Å². The summed E-state index contributed by atoms with van der Waals surface area (Å²) in [6.45, 7) is 6.85. The minimum Gasteiger partial charge on any atom is -0.469 e. The van der Waals surface area contributed by atoms with E-state index in [1.54, 1.807) is 11.8 Å². The number of hydrogen-bond donors (Lipinski definition) is 0. The largest absolute Gasteiger partial charge is 0.469 e. The molecule has 1 rings (SSSR count). The van der Waals surface area contributed by atoms with E-state index in [1.807, 2.05) is 18.5 Å². The van der Waals surface area contributed by atoms with Gasteiger partial charge in [-0.1, -0.05) is 6.92 Å². The predicted octanol–water partition coefficient (Wildman–Crippen LogP) is 2.25. The van der Waals surface area contributed by atoms with Crippen LogP contribution in [-0.4, -0.2) is 28.6 Å². The van der Waals surface area contributed by atoms with Crippen molar-refractivity contribution in [3.05, 3.63) is 17.5 Å². The summed E-state index contributed by atoms with van der Waals surface area (Å²) in [4.78, 5) is 11.2. The lowest BCUT2D eigenvalue weighted by molar-refractivity contribution is -0.143. The molecule has 0 amide bonds. The summed E-state index contributed by atoms with van der Waals surface area (Å²) in [5.74, 6) is 1.47. The van der Waals surface area contributed by atoms with Crippen LogP contribution in [-0.2, 0) is 21.8 Å². The van der Waals surface area contributed by atoms with Gasteiger partial charge in [-0.2, -0.15) is 16.9 Å². The molecule has 96 valence electrons. The second kappa shape index (κ2) is 6.69. The Balaban J connectivity index is 2.42. The highest BCUT2D eigenvalue weighted by atomic mass is 32.2. The highest BCUT2D eigenvalue weighted by Crippen LogP contribution is 2.17. The Morgan fingerprint density at radius 1 is 1.65 bits per heavy atom. The van der Waals surface area contributed by atoms with Crippen LogP contribution in [0, 0.1) is 12.8 Å². The number of aromatic nitrogens is 2. The molecule has 0 bridgehead atoms. The summed E-state index contributed by atoms with van der Waals surface area (Å²) in [5, 5.41) is 4.39. The lowest BCUT2D eigenvalue weighted by Gasteiger charge is -2.09. The number of carbonyl (C=O) groups excluding carboxylic acids is 1. The first-order valence-corrected chi connectivity index (χ1v) is 6.92. The van der Waals surface area contributed by atoms with Crippen LogP contribution in [0.2, 0.25) is 0 Å². The van der Waals surface area contributed by atoms with Crippen LogP contribution in [0.15, 0.2) is 6.07 Å². The van der Waals surface area contributed by atoms with E-state index in [1.165, 1.54) is 12.8 Å². The van der Waals surface area contributed by atoms with Gasteiger partial charge < -0.3 is 4.74 Å². The number of rotatable bonds is 6. The van der Waals surface area contributed by atoms with Crippen molar-refractivity contribution in [2.75, 3.05) is 12.9 Å². The zero-order valence-electron chi connectivity index (χ0n) is 10.9. The van der Waals surface area contributed by atoms with E-state index in [4.69, 9.17) is 4.74 Å². The van der Waals surface area contributed by atoms with Crippen molar-refractivity contribution < 1.29 is 9.53 Å². The van der Waals surface area contributed by atoms with Crippen molar-refractivity contribution in [1.29, 1.82) is 0 Å². The van der Waals surface area contributed by atoms with Gasteiger partial charge in [0.15, 0.2) is 0 Å². The van der Waals surface area contributed by atoms with Crippen LogP contribution in [0.1, 0.15) is 25.2 Å². The SMILES string of the molecule is CCn1nc(C)cc1CSCC(C)C(=O)OC. The molecule has 1 aromatic rings. The molecule has 0 aliphatic heterocycles. The standard InChI is InChI=1S/C12H20N2O2S/c1-5-14-11(6-10(3)13-14)8-17-7-9(2)12(15)16-4/h6,9H,5,7-8H2,1-4H3. The molecule has 0 aromatic carbocycles. The smallest absolute Gasteiger partial charge is 0.309 e. The molecule has 4 nitrogen and oxygen atoms in total. The first-order chi connectivity index (χ1) is 8.08. The molecule has 0 N–H and O–H groups in total. The number of nitrogens with zero attached hydrogens (tertiary/aromatic N) is 2. The van der Waals surface area contributed by atoms with E-state index in [2.05, 4.69) is 18.1 Å². The van der Waals surface area contributed by atoms with E-state index >= 15 is 0 Å². The van der Waals surface area contributed by atoms with E-state index in [9.17, 15) is 4.79 Å². The van der Waals surface area contributed by atoms with Crippen LogP contribution >= 0.6 is 11.8 Å². The third kappa shape index (κ3) is 4.07. The second-order valence-corrected chi connectivity index (χ2v) is 5.06. The summed E-state index contributed by atoms with van der Waals surface area (Å²) in [6, 6.07) is 2.10. The van der Waals surface area contributed by atoms with Gasteiger partial charge in [0.25, 0.3) is 0 Å². The van der Waals surface area contributed by atoms with E-state index < -0.39 is 0 Å². The number of methoxy groups -OCH3 is 1. The van der Waals surface area contributed by atoms with Gasteiger partial charge in [0.05, 0.1) is 18.7 Å². The number of aryl methyl sites for hydroxylation is 2. The van der Waals surface area contributed by atoms with Gasteiger partial charge in [-0.25, -0.2) is 0 Å². The molecule has 0 aliphatic rings. The van der Waals surface area contributed by atoms with Crippen LogP contribution in [0.5, 0.6) is 0 Å². The molecule has 0 spiro atoms. The van der Waals surface area contributed by atoms with Crippen molar-refractivity contribution in [3.63, 3.8) is 0 Å². The van der Waals surface area contributed by atoms with Crippen molar-refractivity contribution in [3.8, 4) is 0 Å². The lowest BCUT2D eigenvalue weighted by Crippen LogP contribution is -2.15. The minimum absolute atomic E-state index is 0.0518. The van der Waals surface area contributed by atoms with Gasteiger partial charge in [-0.15, -0.1) is 0 Å². The highest BCUT2D eigenvalue weighted by Gasteiger charge is 2.13. The zero-order chi connectivity index (χ0) is 12.8. The molecular weight excluding hydrogens is 236 g/mol. The average molecular weight is 256 g/mol. The van der Waals surface area contributed by atoms with E-state index in [0.29, 0.717) is 0 Å². The Morgan fingerprint density at radius 3 is 2.94 bits per heavy atom. The van der Waals surface area contributed by atoms with Gasteiger partial charge in [0.2, 0.25) is 0 Å². The predicted molar refractivity (Wildman–Crippen MR) is 70.0 cm³/mol. The van der Waals surface area contributed by atoms with Crippen LogP contribution in [0.25, 0.3) is 0 Å². The van der Waals surface area contributed by atoms with Gasteiger partial charge in [0.1, 0.15) is 0 Å². The zero-order valence-corrected chi connectivity index (χ0v) is 11.7. The van der Waals surface area contributed by atoms with Crippen LogP contribution in [0.4, 0.5) is 0 Å². The van der Waals surface area contributed by atoms with Gasteiger partial charge >= 0.3 is 5.97 Å². The summed E-state index contributed by atoms with van der Waals surface area (Å²) in [6.07, 6.45) is 0. The maximum atomic E-state index is 11.2. The lowest BCUT2D eigenvalue weighted by atomic mass is 10.2. The second-order valence-electron chi connectivity index (χ2n) is 4.03. The monoisotopic (exact) mass is 256 g/mol. The number of ether oxygens (including phenoxy) is 1. The van der Waals surface area contributed by atoms with E-state index in [-0.39, 0.29) is 11.9 Å². The van der Waals surface area contributed by atoms with Crippen molar-refractivity contribution in [2.45, 2.75) is 33.1 Å². The minimum atomic E-state index is -0.141. The van der Waals surface area contributed by atoms with Gasteiger partial charge in [-0.05, 0) is 19.9 Å². The molecule has 17 heavy (non-hydrogen) atoms. The number of thioether (sulfide) groups is 1. The molecule has 1 atom stereocenters. The average Bonchev–Trinajstić information content (AvgIpc) is 2.68. The molecule has 0 fully saturated rings. The first kappa shape index (κ1) is 14.1. The fourth-order valence-corrected chi connectivity index (χ4v) is 2.65. The Morgan fingerprint density at radius 2 is 2.35 bits per heavy atom. The van der Waals surface area contributed by atoms with E-state index in [0.717, 1.165) is 23.7 Å². The number of hydrogen-bond acceptors (Lipinski definition) is 4. The third-order valence-electron chi connectivity index (χ3n) is 2.51. The summed E-state index contributed by atoms with van der Waals surface area (Å²) < 4.78 is 6.70. The molecule has 0 radical (unpaired) electrons. The fourth-order valence-electron chi connectivity index (χ4n) is 1.60. The van der Waals surface area contributed by atoms with Crippen molar-refractivity contribution >= 4 is 17.7 Å². The Labute approximate surface area is 107 Å². The molecule has 5 heteroatoms. The molecule has 0 saturated carbocycles. The maximum Gasteiger partial charge on any atom is 0.309 e. The molecule has 1 aromatic heterocycles. The Bertz CT molecular complexity index is 377. The molecular formula is C12H20N2O2S.